The zero-order valence-electron chi connectivity index (χ0n) is 22.7. The molecule has 0 radical (unpaired) electrons. The first-order valence-electron chi connectivity index (χ1n) is 12.1. The van der Waals surface area contributed by atoms with Gasteiger partial charge in [-0.15, -0.1) is 0 Å². The molecule has 1 aromatic heterocycles. The summed E-state index contributed by atoms with van der Waals surface area (Å²) in [6, 6.07) is 7.89. The summed E-state index contributed by atoms with van der Waals surface area (Å²) in [5.41, 5.74) is 1.66. The van der Waals surface area contributed by atoms with Crippen LogP contribution in [0.2, 0.25) is 0 Å². The average molecular weight is 679 g/mol. The highest BCUT2D eigenvalue weighted by Crippen LogP contribution is 2.36. The molecule has 1 atom stereocenters. The maximum Gasteiger partial charge on any atom is 0.338 e. The SMILES string of the molecule is CCOC(=O)C1=C(C)N=c2s/c(=C\c3cc(I)c(OC(C)=O)c(OC)c3)c(=O)n2[C@@H]1c1ccc(OC)c(OC)c1. The first-order valence-corrected chi connectivity index (χ1v) is 14.0. The molecule has 0 bridgehead atoms. The minimum atomic E-state index is -0.807. The van der Waals surface area contributed by atoms with Crippen LogP contribution in [0.5, 0.6) is 23.0 Å². The van der Waals surface area contributed by atoms with E-state index in [-0.39, 0.29) is 17.7 Å². The zero-order valence-corrected chi connectivity index (χ0v) is 25.7. The highest BCUT2D eigenvalue weighted by atomic mass is 127. The van der Waals surface area contributed by atoms with E-state index in [1.54, 1.807) is 50.3 Å². The molecule has 210 valence electrons. The number of ether oxygens (including phenoxy) is 5. The Morgan fingerprint density at radius 1 is 1.07 bits per heavy atom. The van der Waals surface area contributed by atoms with Crippen molar-refractivity contribution >= 4 is 51.9 Å². The van der Waals surface area contributed by atoms with Gasteiger partial charge in [0.2, 0.25) is 0 Å². The molecule has 40 heavy (non-hydrogen) atoms. The van der Waals surface area contributed by atoms with Crippen LogP contribution < -0.4 is 33.8 Å². The van der Waals surface area contributed by atoms with Gasteiger partial charge in [-0.05, 0) is 77.9 Å². The van der Waals surface area contributed by atoms with Crippen LogP contribution in [-0.4, -0.2) is 44.4 Å². The standard InChI is InChI=1S/C28H27IN2O8S/c1-7-38-27(34)23-14(2)30-28-31(24(23)17-8-9-19(35-4)20(13-17)36-5)26(33)22(40-28)12-16-10-18(29)25(39-15(3)32)21(11-16)37-6/h8-13,24H,7H2,1-6H3/b22-12-/t24-/m1/s1. The maximum atomic E-state index is 13.9. The van der Waals surface area contributed by atoms with Crippen LogP contribution in [-0.2, 0) is 14.3 Å². The third-order valence-electron chi connectivity index (χ3n) is 6.04. The number of thiazole rings is 1. The Labute approximate surface area is 247 Å². The lowest BCUT2D eigenvalue weighted by Gasteiger charge is -2.25. The van der Waals surface area contributed by atoms with Crippen LogP contribution in [0.15, 0.2) is 51.4 Å². The van der Waals surface area contributed by atoms with E-state index >= 15 is 0 Å². The summed E-state index contributed by atoms with van der Waals surface area (Å²) in [7, 11) is 4.52. The second kappa shape index (κ2) is 12.3. The lowest BCUT2D eigenvalue weighted by molar-refractivity contribution is -0.139. The molecule has 0 saturated carbocycles. The van der Waals surface area contributed by atoms with Crippen molar-refractivity contribution in [3.63, 3.8) is 0 Å². The summed E-state index contributed by atoms with van der Waals surface area (Å²) in [6.45, 7) is 4.92. The van der Waals surface area contributed by atoms with Crippen molar-refractivity contribution in [2.45, 2.75) is 26.8 Å². The van der Waals surface area contributed by atoms with Gasteiger partial charge < -0.3 is 23.7 Å². The fourth-order valence-electron chi connectivity index (χ4n) is 4.35. The molecular formula is C28H27IN2O8S. The Kier molecular flexibility index (Phi) is 8.98. The largest absolute Gasteiger partial charge is 0.493 e. The first kappa shape index (κ1) is 29.3. The molecular weight excluding hydrogens is 651 g/mol. The third-order valence-corrected chi connectivity index (χ3v) is 7.82. The number of benzene rings is 2. The molecule has 0 unspecified atom stereocenters. The van der Waals surface area contributed by atoms with Gasteiger partial charge in [-0.3, -0.25) is 14.2 Å². The van der Waals surface area contributed by atoms with E-state index in [9.17, 15) is 14.4 Å². The molecule has 0 saturated heterocycles. The van der Waals surface area contributed by atoms with Crippen LogP contribution in [0.3, 0.4) is 0 Å². The average Bonchev–Trinajstić information content (AvgIpc) is 3.22. The second-order valence-corrected chi connectivity index (χ2v) is 10.7. The number of rotatable bonds is 8. The monoisotopic (exact) mass is 678 g/mol. The molecule has 0 aliphatic carbocycles. The Hall–Kier alpha value is -3.65. The van der Waals surface area contributed by atoms with Gasteiger partial charge in [-0.25, -0.2) is 9.79 Å². The van der Waals surface area contributed by atoms with Gasteiger partial charge in [0.1, 0.15) is 0 Å². The summed E-state index contributed by atoms with van der Waals surface area (Å²) in [6.07, 6.45) is 1.71. The number of carbonyl (C=O) groups excluding carboxylic acids is 2. The van der Waals surface area contributed by atoms with Crippen molar-refractivity contribution in [3.05, 3.63) is 76.0 Å². The molecule has 12 heteroatoms. The highest BCUT2D eigenvalue weighted by molar-refractivity contribution is 14.1. The van der Waals surface area contributed by atoms with E-state index in [4.69, 9.17) is 23.7 Å². The van der Waals surface area contributed by atoms with Crippen molar-refractivity contribution < 1.29 is 33.3 Å². The summed E-state index contributed by atoms with van der Waals surface area (Å²) >= 11 is 3.24. The maximum absolute atomic E-state index is 13.9. The van der Waals surface area contributed by atoms with Crippen LogP contribution >= 0.6 is 33.9 Å². The van der Waals surface area contributed by atoms with E-state index in [0.717, 1.165) is 0 Å². The fourth-order valence-corrected chi connectivity index (χ4v) is 6.13. The van der Waals surface area contributed by atoms with Gasteiger partial charge >= 0.3 is 11.9 Å². The molecule has 2 heterocycles. The number of halogens is 1. The van der Waals surface area contributed by atoms with Crippen molar-refractivity contribution in [1.82, 2.24) is 4.57 Å². The zero-order chi connectivity index (χ0) is 29.1. The quantitative estimate of drug-likeness (QED) is 0.203. The molecule has 1 aliphatic rings. The number of nitrogens with zero attached hydrogens (tertiary/aromatic N) is 2. The number of methoxy groups -OCH3 is 3. The van der Waals surface area contributed by atoms with E-state index in [2.05, 4.69) is 4.99 Å². The molecule has 1 aliphatic heterocycles. The van der Waals surface area contributed by atoms with Crippen molar-refractivity contribution in [2.24, 2.45) is 4.99 Å². The van der Waals surface area contributed by atoms with Gasteiger partial charge in [0.05, 0.1) is 53.4 Å². The van der Waals surface area contributed by atoms with Crippen LogP contribution in [0.25, 0.3) is 6.08 Å². The second-order valence-electron chi connectivity index (χ2n) is 8.54. The predicted octanol–water partition coefficient (Wildman–Crippen LogP) is 3.35. The number of allylic oxidation sites excluding steroid dienone is 1. The Bertz CT molecular complexity index is 1710. The number of esters is 2. The van der Waals surface area contributed by atoms with Gasteiger partial charge in [0, 0.05) is 6.92 Å². The Balaban J connectivity index is 1.94. The third kappa shape index (κ3) is 5.63. The van der Waals surface area contributed by atoms with Crippen molar-refractivity contribution in [2.75, 3.05) is 27.9 Å². The van der Waals surface area contributed by atoms with E-state index in [1.165, 1.54) is 44.2 Å². The minimum Gasteiger partial charge on any atom is -0.493 e. The summed E-state index contributed by atoms with van der Waals surface area (Å²) in [4.78, 5) is 43.6. The normalized spacial score (nSPS) is 14.8. The van der Waals surface area contributed by atoms with Gasteiger partial charge in [-0.1, -0.05) is 17.4 Å². The topological polar surface area (TPSA) is 115 Å². The van der Waals surface area contributed by atoms with Gasteiger partial charge in [0.25, 0.3) is 5.56 Å². The number of carbonyl (C=O) groups is 2. The molecule has 4 rings (SSSR count). The van der Waals surface area contributed by atoms with Crippen LogP contribution in [0, 0.1) is 3.57 Å². The van der Waals surface area contributed by atoms with Crippen molar-refractivity contribution in [1.29, 1.82) is 0 Å². The molecule has 0 amide bonds. The number of fused-ring (bicyclic) bond motifs is 1. The van der Waals surface area contributed by atoms with Gasteiger partial charge in [-0.2, -0.15) is 0 Å². The van der Waals surface area contributed by atoms with Crippen LogP contribution in [0.1, 0.15) is 37.9 Å². The number of hydrogen-bond acceptors (Lipinski definition) is 10. The molecule has 0 N–H and O–H groups in total. The summed E-state index contributed by atoms with van der Waals surface area (Å²) in [5, 5.41) is 0. The smallest absolute Gasteiger partial charge is 0.338 e. The predicted molar refractivity (Wildman–Crippen MR) is 157 cm³/mol. The van der Waals surface area contributed by atoms with Crippen LogP contribution in [0.4, 0.5) is 0 Å². The van der Waals surface area contributed by atoms with E-state index in [0.29, 0.717) is 52.7 Å². The van der Waals surface area contributed by atoms with E-state index < -0.39 is 18.0 Å². The highest BCUT2D eigenvalue weighted by Gasteiger charge is 2.34. The Morgan fingerprint density at radius 2 is 1.77 bits per heavy atom. The lowest BCUT2D eigenvalue weighted by Crippen LogP contribution is -2.40. The minimum absolute atomic E-state index is 0.169. The van der Waals surface area contributed by atoms with Gasteiger partial charge in [0.15, 0.2) is 27.8 Å². The molecule has 0 spiro atoms. The number of hydrogen-bond donors (Lipinski definition) is 0. The molecule has 0 fully saturated rings. The van der Waals surface area contributed by atoms with Crippen molar-refractivity contribution in [3.8, 4) is 23.0 Å². The Morgan fingerprint density at radius 3 is 2.40 bits per heavy atom. The van der Waals surface area contributed by atoms with E-state index in [1.807, 2.05) is 22.6 Å². The summed E-state index contributed by atoms with van der Waals surface area (Å²) < 4.78 is 29.5. The molecule has 3 aromatic rings. The lowest BCUT2D eigenvalue weighted by atomic mass is 9.95. The summed E-state index contributed by atoms with van der Waals surface area (Å²) in [5.74, 6) is 0.591. The number of aromatic nitrogens is 1. The molecule has 10 nitrogen and oxygen atoms in total. The molecule has 2 aromatic carbocycles. The fraction of sp³-hybridized carbons (Fsp3) is 0.286. The first-order chi connectivity index (χ1) is 19.1.